The molecule has 0 saturated heterocycles. The van der Waals surface area contributed by atoms with E-state index in [1.165, 1.54) is 38.5 Å². The Bertz CT molecular complexity index is 252. The third kappa shape index (κ3) is 2.04. The average Bonchev–Trinajstić information content (AvgIpc) is 2.90. The third-order valence-electron chi connectivity index (χ3n) is 4.37. The van der Waals surface area contributed by atoms with Crippen molar-refractivity contribution >= 4 is 5.96 Å². The average molecular weight is 223 g/mol. The van der Waals surface area contributed by atoms with Crippen LogP contribution in [0.4, 0.5) is 0 Å². The molecule has 0 aromatic heterocycles. The number of nitrogens with zero attached hydrogens (tertiary/aromatic N) is 2. The molecular formula is C13H25N3. The van der Waals surface area contributed by atoms with E-state index in [0.29, 0.717) is 12.1 Å². The van der Waals surface area contributed by atoms with Crippen LogP contribution < -0.4 is 5.73 Å². The van der Waals surface area contributed by atoms with Gasteiger partial charge in [0.05, 0.1) is 12.6 Å². The molecule has 2 N–H and O–H groups in total. The first-order valence-electron chi connectivity index (χ1n) is 6.86. The molecule has 1 heterocycles. The van der Waals surface area contributed by atoms with Gasteiger partial charge in [-0.25, -0.2) is 0 Å². The second kappa shape index (κ2) is 5.07. The number of guanidine groups is 1. The Morgan fingerprint density at radius 2 is 1.94 bits per heavy atom. The van der Waals surface area contributed by atoms with Gasteiger partial charge in [-0.05, 0) is 18.8 Å². The maximum absolute atomic E-state index is 6.07. The van der Waals surface area contributed by atoms with Crippen LogP contribution in [-0.4, -0.2) is 29.5 Å². The summed E-state index contributed by atoms with van der Waals surface area (Å²) in [7, 11) is 0. The molecule has 0 radical (unpaired) electrons. The summed E-state index contributed by atoms with van der Waals surface area (Å²) in [6, 6.07) is 1.26. The molecule has 1 aliphatic carbocycles. The lowest BCUT2D eigenvalue weighted by atomic mass is 9.92. The van der Waals surface area contributed by atoms with E-state index < -0.39 is 0 Å². The smallest absolute Gasteiger partial charge is 0.191 e. The second-order valence-electron chi connectivity index (χ2n) is 5.19. The minimum absolute atomic E-state index is 0.582. The lowest BCUT2D eigenvalue weighted by Crippen LogP contribution is -2.49. The van der Waals surface area contributed by atoms with Crippen molar-refractivity contribution in [3.8, 4) is 0 Å². The van der Waals surface area contributed by atoms with Crippen molar-refractivity contribution in [2.45, 2.75) is 64.5 Å². The van der Waals surface area contributed by atoms with E-state index in [9.17, 15) is 0 Å². The molecule has 0 bridgehead atoms. The highest BCUT2D eigenvalue weighted by Crippen LogP contribution is 2.31. The van der Waals surface area contributed by atoms with E-state index in [2.05, 4.69) is 23.7 Å². The lowest BCUT2D eigenvalue weighted by molar-refractivity contribution is 0.189. The number of aliphatic imine (C=N–C) groups is 1. The molecule has 2 rings (SSSR count). The van der Waals surface area contributed by atoms with Crippen molar-refractivity contribution in [1.82, 2.24) is 4.90 Å². The summed E-state index contributed by atoms with van der Waals surface area (Å²) in [4.78, 5) is 6.93. The highest BCUT2D eigenvalue weighted by Gasteiger charge is 2.36. The minimum atomic E-state index is 0.582. The molecule has 92 valence electrons. The first-order valence-corrected chi connectivity index (χ1v) is 6.86. The van der Waals surface area contributed by atoms with Gasteiger partial charge in [0.25, 0.3) is 0 Å². The molecule has 1 saturated carbocycles. The van der Waals surface area contributed by atoms with Gasteiger partial charge in [0, 0.05) is 6.04 Å². The van der Waals surface area contributed by atoms with E-state index >= 15 is 0 Å². The number of nitrogens with two attached hydrogens (primary N) is 1. The molecule has 3 heteroatoms. The fraction of sp³-hybridized carbons (Fsp3) is 0.923. The van der Waals surface area contributed by atoms with Crippen LogP contribution in [0.25, 0.3) is 0 Å². The van der Waals surface area contributed by atoms with Crippen LogP contribution in [0, 0.1) is 5.92 Å². The predicted octanol–water partition coefficient (Wildman–Crippen LogP) is 2.36. The summed E-state index contributed by atoms with van der Waals surface area (Å²) in [6.45, 7) is 5.50. The van der Waals surface area contributed by atoms with E-state index in [4.69, 9.17) is 5.73 Å². The zero-order valence-corrected chi connectivity index (χ0v) is 10.7. The topological polar surface area (TPSA) is 41.6 Å². The second-order valence-corrected chi connectivity index (χ2v) is 5.19. The maximum Gasteiger partial charge on any atom is 0.191 e. The van der Waals surface area contributed by atoms with Crippen LogP contribution in [0.2, 0.25) is 0 Å². The monoisotopic (exact) mass is 223 g/mol. The van der Waals surface area contributed by atoms with Crippen molar-refractivity contribution in [3.63, 3.8) is 0 Å². The molecule has 3 nitrogen and oxygen atoms in total. The van der Waals surface area contributed by atoms with Crippen molar-refractivity contribution < 1.29 is 0 Å². The molecule has 0 aromatic rings. The summed E-state index contributed by atoms with van der Waals surface area (Å²) in [5.41, 5.74) is 6.07. The Balaban J connectivity index is 2.08. The third-order valence-corrected chi connectivity index (χ3v) is 4.37. The van der Waals surface area contributed by atoms with Crippen LogP contribution in [0.1, 0.15) is 52.4 Å². The van der Waals surface area contributed by atoms with Crippen LogP contribution in [0.15, 0.2) is 4.99 Å². The van der Waals surface area contributed by atoms with E-state index in [-0.39, 0.29) is 0 Å². The van der Waals surface area contributed by atoms with Gasteiger partial charge in [-0.3, -0.25) is 4.99 Å². The molecule has 16 heavy (non-hydrogen) atoms. The van der Waals surface area contributed by atoms with E-state index in [1.54, 1.807) is 0 Å². The summed E-state index contributed by atoms with van der Waals surface area (Å²) >= 11 is 0. The summed E-state index contributed by atoms with van der Waals surface area (Å²) in [5.74, 6) is 1.56. The molecule has 1 aliphatic heterocycles. The molecule has 2 aliphatic rings. The molecule has 0 amide bonds. The van der Waals surface area contributed by atoms with Crippen LogP contribution in [-0.2, 0) is 0 Å². The van der Waals surface area contributed by atoms with E-state index in [0.717, 1.165) is 18.4 Å². The van der Waals surface area contributed by atoms with Gasteiger partial charge in [-0.15, -0.1) is 0 Å². The molecular weight excluding hydrogens is 198 g/mol. The van der Waals surface area contributed by atoms with Gasteiger partial charge in [0.2, 0.25) is 0 Å². The quantitative estimate of drug-likeness (QED) is 0.795. The Morgan fingerprint density at radius 3 is 2.50 bits per heavy atom. The Labute approximate surface area is 99.1 Å². The Morgan fingerprint density at radius 1 is 1.31 bits per heavy atom. The van der Waals surface area contributed by atoms with Gasteiger partial charge in [0.15, 0.2) is 5.96 Å². The van der Waals surface area contributed by atoms with E-state index in [1.807, 2.05) is 0 Å². The molecule has 0 spiro atoms. The van der Waals surface area contributed by atoms with Crippen LogP contribution in [0.3, 0.4) is 0 Å². The van der Waals surface area contributed by atoms with Crippen molar-refractivity contribution in [1.29, 1.82) is 0 Å². The maximum atomic E-state index is 6.07. The standard InChI is InChI=1S/C13H25N3/c1-3-10(4-2)12-9-15-13(14)16(12)11-7-5-6-8-11/h10-12H,3-9H2,1-2H3,(H2,14,15). The van der Waals surface area contributed by atoms with Gasteiger partial charge >= 0.3 is 0 Å². The predicted molar refractivity (Wildman–Crippen MR) is 68.4 cm³/mol. The van der Waals surface area contributed by atoms with Crippen LogP contribution in [0.5, 0.6) is 0 Å². The van der Waals surface area contributed by atoms with Gasteiger partial charge in [-0.1, -0.05) is 39.5 Å². The molecule has 1 atom stereocenters. The van der Waals surface area contributed by atoms with Gasteiger partial charge in [-0.2, -0.15) is 0 Å². The fourth-order valence-corrected chi connectivity index (χ4v) is 3.38. The summed E-state index contributed by atoms with van der Waals surface area (Å²) < 4.78 is 0. The normalized spacial score (nSPS) is 26.8. The highest BCUT2D eigenvalue weighted by atomic mass is 15.3. The molecule has 0 aromatic carbocycles. The number of hydrogen-bond donors (Lipinski definition) is 1. The molecule has 1 fully saturated rings. The highest BCUT2D eigenvalue weighted by molar-refractivity contribution is 5.80. The number of rotatable bonds is 4. The Kier molecular flexibility index (Phi) is 3.72. The zero-order valence-electron chi connectivity index (χ0n) is 10.7. The number of hydrogen-bond acceptors (Lipinski definition) is 3. The van der Waals surface area contributed by atoms with Crippen LogP contribution >= 0.6 is 0 Å². The molecule has 1 unspecified atom stereocenters. The Hall–Kier alpha value is -0.730. The minimum Gasteiger partial charge on any atom is -0.370 e. The SMILES string of the molecule is CCC(CC)C1CN=C(N)N1C1CCCC1. The van der Waals surface area contributed by atoms with Crippen molar-refractivity contribution in [2.24, 2.45) is 16.6 Å². The van der Waals surface area contributed by atoms with Gasteiger partial charge < -0.3 is 10.6 Å². The van der Waals surface area contributed by atoms with Crippen molar-refractivity contribution in [3.05, 3.63) is 0 Å². The zero-order chi connectivity index (χ0) is 11.5. The lowest BCUT2D eigenvalue weighted by Gasteiger charge is -2.36. The summed E-state index contributed by atoms with van der Waals surface area (Å²) in [5, 5.41) is 0. The summed E-state index contributed by atoms with van der Waals surface area (Å²) in [6.07, 6.45) is 7.84. The van der Waals surface area contributed by atoms with Crippen molar-refractivity contribution in [2.75, 3.05) is 6.54 Å². The fourth-order valence-electron chi connectivity index (χ4n) is 3.38. The first kappa shape index (κ1) is 11.7. The van der Waals surface area contributed by atoms with Gasteiger partial charge in [0.1, 0.15) is 0 Å². The largest absolute Gasteiger partial charge is 0.370 e. The first-order chi connectivity index (χ1) is 7.77.